The van der Waals surface area contributed by atoms with Gasteiger partial charge in [0.15, 0.2) is 5.69 Å². The van der Waals surface area contributed by atoms with Crippen molar-refractivity contribution in [1.82, 2.24) is 15.1 Å². The molecule has 0 saturated heterocycles. The van der Waals surface area contributed by atoms with E-state index >= 15 is 0 Å². The maximum absolute atomic E-state index is 12.7. The lowest BCUT2D eigenvalue weighted by molar-refractivity contribution is 0.0518. The number of aryl methyl sites for hydroxylation is 1. The Labute approximate surface area is 188 Å². The number of hydrogen-bond acceptors (Lipinski definition) is 4. The number of esters is 1. The van der Waals surface area contributed by atoms with Crippen molar-refractivity contribution in [1.29, 1.82) is 0 Å². The number of rotatable bonds is 6. The highest BCUT2D eigenvalue weighted by atomic mass is 16.5. The molecule has 3 aromatic rings. The summed E-state index contributed by atoms with van der Waals surface area (Å²) in [6, 6.07) is 17.3. The Morgan fingerprint density at radius 1 is 1.06 bits per heavy atom. The van der Waals surface area contributed by atoms with E-state index in [4.69, 9.17) is 4.74 Å². The van der Waals surface area contributed by atoms with E-state index < -0.39 is 5.97 Å². The fourth-order valence-corrected chi connectivity index (χ4v) is 4.20. The number of aromatic nitrogens is 2. The third-order valence-corrected chi connectivity index (χ3v) is 5.93. The summed E-state index contributed by atoms with van der Waals surface area (Å²) in [5.74, 6) is -0.500. The first-order valence-corrected chi connectivity index (χ1v) is 11.3. The second-order valence-electron chi connectivity index (χ2n) is 8.22. The molecule has 0 radical (unpaired) electrons. The summed E-state index contributed by atoms with van der Waals surface area (Å²) in [6.07, 6.45) is 5.70. The van der Waals surface area contributed by atoms with Gasteiger partial charge in [-0.05, 0) is 62.6 Å². The largest absolute Gasteiger partial charge is 0.461 e. The molecule has 1 saturated carbocycles. The van der Waals surface area contributed by atoms with E-state index in [9.17, 15) is 9.59 Å². The van der Waals surface area contributed by atoms with Crippen LogP contribution in [0.5, 0.6) is 0 Å². The van der Waals surface area contributed by atoms with E-state index in [1.54, 1.807) is 29.8 Å². The molecule has 6 nitrogen and oxygen atoms in total. The summed E-state index contributed by atoms with van der Waals surface area (Å²) in [7, 11) is 0. The molecule has 0 atom stereocenters. The van der Waals surface area contributed by atoms with E-state index in [0.717, 1.165) is 35.3 Å². The van der Waals surface area contributed by atoms with Gasteiger partial charge in [0.1, 0.15) is 0 Å². The van der Waals surface area contributed by atoms with E-state index in [-0.39, 0.29) is 24.2 Å². The van der Waals surface area contributed by atoms with Crippen LogP contribution in [0.4, 0.5) is 0 Å². The summed E-state index contributed by atoms with van der Waals surface area (Å²) in [5.41, 5.74) is 4.50. The molecule has 1 fully saturated rings. The summed E-state index contributed by atoms with van der Waals surface area (Å²) in [4.78, 5) is 25.0. The molecule has 1 heterocycles. The van der Waals surface area contributed by atoms with E-state index in [1.165, 1.54) is 19.3 Å². The Morgan fingerprint density at radius 3 is 2.47 bits per heavy atom. The molecule has 4 rings (SSSR count). The van der Waals surface area contributed by atoms with Crippen LogP contribution in [0.15, 0.2) is 54.6 Å². The van der Waals surface area contributed by atoms with Crippen molar-refractivity contribution in [2.24, 2.45) is 0 Å². The summed E-state index contributed by atoms with van der Waals surface area (Å²) >= 11 is 0. The van der Waals surface area contributed by atoms with Gasteiger partial charge in [0.25, 0.3) is 5.91 Å². The summed E-state index contributed by atoms with van der Waals surface area (Å²) in [5, 5.41) is 7.68. The van der Waals surface area contributed by atoms with E-state index in [0.29, 0.717) is 5.56 Å². The highest BCUT2D eigenvalue weighted by molar-refractivity contribution is 5.94. The predicted molar refractivity (Wildman–Crippen MR) is 124 cm³/mol. The Balaban J connectivity index is 1.64. The second-order valence-corrected chi connectivity index (χ2v) is 8.22. The molecule has 0 bridgehead atoms. The van der Waals surface area contributed by atoms with Crippen LogP contribution in [0.2, 0.25) is 0 Å². The minimum absolute atomic E-state index is 0.0461. The maximum atomic E-state index is 12.7. The average Bonchev–Trinajstić information content (AvgIpc) is 3.26. The van der Waals surface area contributed by atoms with Gasteiger partial charge in [0.05, 0.1) is 18.0 Å². The summed E-state index contributed by atoms with van der Waals surface area (Å²) < 4.78 is 6.89. The zero-order valence-electron chi connectivity index (χ0n) is 18.6. The number of hydrogen-bond donors (Lipinski definition) is 1. The van der Waals surface area contributed by atoms with Crippen LogP contribution < -0.4 is 5.32 Å². The maximum Gasteiger partial charge on any atom is 0.358 e. The van der Waals surface area contributed by atoms with Crippen molar-refractivity contribution in [2.45, 2.75) is 52.0 Å². The van der Waals surface area contributed by atoms with Crippen LogP contribution in [0, 0.1) is 6.92 Å². The summed E-state index contributed by atoms with van der Waals surface area (Å²) in [6.45, 7) is 4.08. The Morgan fingerprint density at radius 2 is 1.78 bits per heavy atom. The fraction of sp³-hybridized carbons (Fsp3) is 0.346. The Hall–Kier alpha value is -3.41. The molecular weight excluding hydrogens is 402 g/mol. The van der Waals surface area contributed by atoms with Gasteiger partial charge < -0.3 is 10.1 Å². The molecule has 1 aromatic heterocycles. The van der Waals surface area contributed by atoms with Crippen molar-refractivity contribution in [3.05, 3.63) is 71.4 Å². The van der Waals surface area contributed by atoms with Crippen molar-refractivity contribution < 1.29 is 14.3 Å². The number of benzene rings is 2. The molecule has 0 aliphatic heterocycles. The number of amides is 1. The number of ether oxygens (including phenoxy) is 1. The lowest BCUT2D eigenvalue weighted by Crippen LogP contribution is -2.36. The third kappa shape index (κ3) is 4.74. The van der Waals surface area contributed by atoms with Gasteiger partial charge in [0, 0.05) is 17.2 Å². The van der Waals surface area contributed by atoms with Crippen LogP contribution >= 0.6 is 0 Å². The predicted octanol–water partition coefficient (Wildman–Crippen LogP) is 5.09. The highest BCUT2D eigenvalue weighted by Crippen LogP contribution is 2.27. The standard InChI is InChI=1S/C26H29N3O3/c1-3-32-26(31)23-17-24(22-12-8-7-9-18(22)2)29(28-23)21-15-13-19(14-16-21)25(30)27-20-10-5-4-6-11-20/h7-9,12-17,20H,3-6,10-11H2,1-2H3,(H,27,30). The van der Waals surface area contributed by atoms with Crippen LogP contribution in [-0.2, 0) is 4.74 Å². The van der Waals surface area contributed by atoms with Crippen molar-refractivity contribution in [3.8, 4) is 16.9 Å². The molecule has 2 aromatic carbocycles. The quantitative estimate of drug-likeness (QED) is 0.552. The van der Waals surface area contributed by atoms with Gasteiger partial charge in [0.2, 0.25) is 0 Å². The monoisotopic (exact) mass is 431 g/mol. The molecule has 1 N–H and O–H groups in total. The van der Waals surface area contributed by atoms with Crippen molar-refractivity contribution >= 4 is 11.9 Å². The first-order valence-electron chi connectivity index (χ1n) is 11.3. The Bertz CT molecular complexity index is 1100. The third-order valence-electron chi connectivity index (χ3n) is 5.93. The molecule has 1 amide bonds. The number of carbonyl (C=O) groups excluding carboxylic acids is 2. The average molecular weight is 432 g/mol. The first kappa shape index (κ1) is 21.8. The highest BCUT2D eigenvalue weighted by Gasteiger charge is 2.20. The molecule has 166 valence electrons. The van der Waals surface area contributed by atoms with Gasteiger partial charge in [-0.3, -0.25) is 4.79 Å². The molecule has 32 heavy (non-hydrogen) atoms. The molecular formula is C26H29N3O3. The topological polar surface area (TPSA) is 73.2 Å². The van der Waals surface area contributed by atoms with Gasteiger partial charge in [-0.15, -0.1) is 0 Å². The SMILES string of the molecule is CCOC(=O)c1cc(-c2ccccc2C)n(-c2ccc(C(=O)NC3CCCCC3)cc2)n1. The van der Waals surface area contributed by atoms with Crippen molar-refractivity contribution in [3.63, 3.8) is 0 Å². The normalized spacial score (nSPS) is 14.2. The lowest BCUT2D eigenvalue weighted by Gasteiger charge is -2.22. The van der Waals surface area contributed by atoms with Crippen LogP contribution in [0.25, 0.3) is 16.9 Å². The minimum Gasteiger partial charge on any atom is -0.461 e. The fourth-order valence-electron chi connectivity index (χ4n) is 4.20. The Kier molecular flexibility index (Phi) is 6.69. The first-order chi connectivity index (χ1) is 15.6. The zero-order valence-corrected chi connectivity index (χ0v) is 18.6. The van der Waals surface area contributed by atoms with E-state index in [2.05, 4.69) is 10.4 Å². The van der Waals surface area contributed by atoms with Gasteiger partial charge >= 0.3 is 5.97 Å². The molecule has 0 spiro atoms. The van der Waals surface area contributed by atoms with Crippen LogP contribution in [-0.4, -0.2) is 34.3 Å². The molecule has 0 unspecified atom stereocenters. The zero-order chi connectivity index (χ0) is 22.5. The van der Waals surface area contributed by atoms with Crippen molar-refractivity contribution in [2.75, 3.05) is 6.61 Å². The van der Waals surface area contributed by atoms with Crippen LogP contribution in [0.3, 0.4) is 0 Å². The van der Waals surface area contributed by atoms with Gasteiger partial charge in [-0.2, -0.15) is 5.10 Å². The smallest absolute Gasteiger partial charge is 0.358 e. The molecule has 1 aliphatic carbocycles. The number of nitrogens with zero attached hydrogens (tertiary/aromatic N) is 2. The molecule has 6 heteroatoms. The minimum atomic E-state index is -0.454. The second kappa shape index (κ2) is 9.81. The number of carbonyl (C=O) groups is 2. The van der Waals surface area contributed by atoms with Gasteiger partial charge in [-0.1, -0.05) is 43.5 Å². The number of nitrogens with one attached hydrogen (secondary N) is 1. The lowest BCUT2D eigenvalue weighted by atomic mass is 9.95. The van der Waals surface area contributed by atoms with E-state index in [1.807, 2.05) is 43.3 Å². The van der Waals surface area contributed by atoms with Gasteiger partial charge in [-0.25, -0.2) is 9.48 Å². The molecule has 1 aliphatic rings. The van der Waals surface area contributed by atoms with Crippen LogP contribution in [0.1, 0.15) is 65.4 Å².